The van der Waals surface area contributed by atoms with Gasteiger partial charge < -0.3 is 11.1 Å². The van der Waals surface area contributed by atoms with Crippen LogP contribution in [-0.2, 0) is 4.79 Å². The summed E-state index contributed by atoms with van der Waals surface area (Å²) in [6.45, 7) is 0. The van der Waals surface area contributed by atoms with Gasteiger partial charge in [0.2, 0.25) is 11.8 Å². The number of primary amides is 1. The first-order valence-electron chi connectivity index (χ1n) is 10.1. The van der Waals surface area contributed by atoms with Gasteiger partial charge in [0.05, 0.1) is 11.3 Å². The van der Waals surface area contributed by atoms with Crippen molar-refractivity contribution in [3.63, 3.8) is 0 Å². The van der Waals surface area contributed by atoms with Crippen molar-refractivity contribution in [3.05, 3.63) is 59.9 Å². The summed E-state index contributed by atoms with van der Waals surface area (Å²) in [4.78, 5) is 23.6. The van der Waals surface area contributed by atoms with Crippen molar-refractivity contribution in [2.45, 2.75) is 36.9 Å². The number of rotatable bonds is 7. The number of amides is 2. The molecule has 0 saturated heterocycles. The Labute approximate surface area is 183 Å². The van der Waals surface area contributed by atoms with E-state index in [2.05, 4.69) is 15.5 Å². The molecule has 1 aromatic heterocycles. The van der Waals surface area contributed by atoms with Crippen LogP contribution in [0.3, 0.4) is 0 Å². The van der Waals surface area contributed by atoms with Gasteiger partial charge in [-0.05, 0) is 49.2 Å². The number of carbonyl (C=O) groups excluding carboxylic acids is 2. The number of hydrogen-bond donors (Lipinski definition) is 2. The van der Waals surface area contributed by atoms with Crippen molar-refractivity contribution in [2.75, 3.05) is 11.1 Å². The van der Waals surface area contributed by atoms with Gasteiger partial charge in [0, 0.05) is 17.3 Å². The lowest BCUT2D eigenvalue weighted by Gasteiger charge is -2.17. The van der Waals surface area contributed by atoms with Crippen LogP contribution in [0.2, 0.25) is 0 Å². The molecule has 0 spiro atoms. The van der Waals surface area contributed by atoms with Crippen LogP contribution in [0.4, 0.5) is 10.1 Å². The molecule has 1 heterocycles. The number of hydrogen-bond acceptors (Lipinski definition) is 5. The number of nitrogens with one attached hydrogen (secondary N) is 1. The van der Waals surface area contributed by atoms with Gasteiger partial charge in [-0.1, -0.05) is 36.7 Å². The average Bonchev–Trinajstić information content (AvgIpc) is 3.42. The van der Waals surface area contributed by atoms with Gasteiger partial charge in [0.1, 0.15) is 5.82 Å². The summed E-state index contributed by atoms with van der Waals surface area (Å²) < 4.78 is 16.4. The number of anilines is 1. The number of nitrogens with zero attached hydrogens (tertiary/aromatic N) is 3. The number of halogens is 1. The van der Waals surface area contributed by atoms with Crippen molar-refractivity contribution in [3.8, 4) is 11.4 Å². The van der Waals surface area contributed by atoms with Gasteiger partial charge in [0.25, 0.3) is 0 Å². The van der Waals surface area contributed by atoms with E-state index in [4.69, 9.17) is 5.73 Å². The van der Waals surface area contributed by atoms with Gasteiger partial charge in [0.15, 0.2) is 11.0 Å². The molecule has 0 radical (unpaired) electrons. The maximum atomic E-state index is 14.4. The van der Waals surface area contributed by atoms with E-state index in [9.17, 15) is 14.0 Å². The molecule has 1 aliphatic carbocycles. The molecule has 0 atom stereocenters. The fourth-order valence-electron chi connectivity index (χ4n) is 3.74. The van der Waals surface area contributed by atoms with E-state index in [1.165, 1.54) is 17.8 Å². The van der Waals surface area contributed by atoms with E-state index in [1.54, 1.807) is 42.5 Å². The smallest absolute Gasteiger partial charge is 0.248 e. The Balaban J connectivity index is 1.49. The number of aromatic nitrogens is 3. The van der Waals surface area contributed by atoms with Crippen molar-refractivity contribution in [1.82, 2.24) is 14.8 Å². The Bertz CT molecular complexity index is 1090. The first kappa shape index (κ1) is 21.0. The lowest BCUT2D eigenvalue weighted by Crippen LogP contribution is -2.16. The highest BCUT2D eigenvalue weighted by Gasteiger charge is 2.26. The van der Waals surface area contributed by atoms with Crippen molar-refractivity contribution < 1.29 is 14.0 Å². The summed E-state index contributed by atoms with van der Waals surface area (Å²) in [7, 11) is 0. The van der Waals surface area contributed by atoms with Crippen LogP contribution >= 0.6 is 11.8 Å². The molecule has 0 unspecified atom stereocenters. The predicted octanol–water partition coefficient (Wildman–Crippen LogP) is 4.03. The van der Waals surface area contributed by atoms with Gasteiger partial charge in [-0.3, -0.25) is 14.2 Å². The molecule has 2 aromatic carbocycles. The summed E-state index contributed by atoms with van der Waals surface area (Å²) in [5.41, 5.74) is 6.58. The maximum absolute atomic E-state index is 14.4. The molecule has 0 bridgehead atoms. The molecule has 3 aromatic rings. The molecule has 9 heteroatoms. The molecule has 7 nitrogen and oxygen atoms in total. The Kier molecular flexibility index (Phi) is 6.31. The SMILES string of the molecule is NC(=O)c1ccc(NC(=O)CSc2nnc(-c3ccccc3F)n2C2CCCC2)cc1. The van der Waals surface area contributed by atoms with Crippen LogP contribution < -0.4 is 11.1 Å². The molecule has 3 N–H and O–H groups in total. The minimum absolute atomic E-state index is 0.125. The second kappa shape index (κ2) is 9.30. The predicted molar refractivity (Wildman–Crippen MR) is 117 cm³/mol. The van der Waals surface area contributed by atoms with Crippen LogP contribution in [0.1, 0.15) is 42.1 Å². The van der Waals surface area contributed by atoms with Crippen LogP contribution in [0.15, 0.2) is 53.7 Å². The van der Waals surface area contributed by atoms with E-state index in [0.29, 0.717) is 27.8 Å². The normalized spacial score (nSPS) is 14.0. The zero-order chi connectivity index (χ0) is 21.8. The summed E-state index contributed by atoms with van der Waals surface area (Å²) in [5.74, 6) is -0.465. The molecule has 2 amide bonds. The third-order valence-electron chi connectivity index (χ3n) is 5.25. The zero-order valence-electron chi connectivity index (χ0n) is 16.8. The van der Waals surface area contributed by atoms with Crippen molar-refractivity contribution in [2.24, 2.45) is 5.73 Å². The van der Waals surface area contributed by atoms with Crippen LogP contribution in [0.25, 0.3) is 11.4 Å². The topological polar surface area (TPSA) is 103 Å². The summed E-state index contributed by atoms with van der Waals surface area (Å²) in [6, 6.07) is 13.1. The molecule has 0 aliphatic heterocycles. The molecule has 160 valence electrons. The largest absolute Gasteiger partial charge is 0.366 e. The second-order valence-electron chi connectivity index (χ2n) is 7.37. The lowest BCUT2D eigenvalue weighted by molar-refractivity contribution is -0.113. The molecule has 1 aliphatic rings. The monoisotopic (exact) mass is 439 g/mol. The molecule has 31 heavy (non-hydrogen) atoms. The first-order valence-corrected chi connectivity index (χ1v) is 11.0. The Hall–Kier alpha value is -3.20. The Morgan fingerprint density at radius 2 is 1.81 bits per heavy atom. The number of nitrogens with two attached hydrogens (primary N) is 1. The van der Waals surface area contributed by atoms with Crippen LogP contribution in [0.5, 0.6) is 0 Å². The van der Waals surface area contributed by atoms with E-state index in [-0.39, 0.29) is 23.5 Å². The van der Waals surface area contributed by atoms with E-state index in [0.717, 1.165) is 25.7 Å². The Morgan fingerprint density at radius 1 is 1.10 bits per heavy atom. The van der Waals surface area contributed by atoms with E-state index in [1.807, 2.05) is 4.57 Å². The molecule has 1 fully saturated rings. The first-order chi connectivity index (χ1) is 15.0. The average molecular weight is 440 g/mol. The third-order valence-corrected chi connectivity index (χ3v) is 6.20. The van der Waals surface area contributed by atoms with Gasteiger partial charge in [-0.25, -0.2) is 4.39 Å². The van der Waals surface area contributed by atoms with Gasteiger partial charge in [-0.2, -0.15) is 0 Å². The third kappa shape index (κ3) is 4.77. The fraction of sp³-hybridized carbons (Fsp3) is 0.273. The standard InChI is InChI=1S/C22H22FN5O2S/c23-18-8-4-3-7-17(18)21-26-27-22(28(21)16-5-1-2-6-16)31-13-19(29)25-15-11-9-14(10-12-15)20(24)30/h3-4,7-12,16H,1-2,5-6,13H2,(H2,24,30)(H,25,29). The highest BCUT2D eigenvalue weighted by atomic mass is 32.2. The van der Waals surface area contributed by atoms with Gasteiger partial charge in [-0.15, -0.1) is 10.2 Å². The van der Waals surface area contributed by atoms with Crippen molar-refractivity contribution >= 4 is 29.3 Å². The Morgan fingerprint density at radius 3 is 2.48 bits per heavy atom. The summed E-state index contributed by atoms with van der Waals surface area (Å²) in [6.07, 6.45) is 4.16. The minimum Gasteiger partial charge on any atom is -0.366 e. The number of carbonyl (C=O) groups is 2. The van der Waals surface area contributed by atoms with Gasteiger partial charge >= 0.3 is 0 Å². The molecular weight excluding hydrogens is 417 g/mol. The summed E-state index contributed by atoms with van der Waals surface area (Å²) in [5, 5.41) is 11.9. The van der Waals surface area contributed by atoms with E-state index >= 15 is 0 Å². The fourth-order valence-corrected chi connectivity index (χ4v) is 4.54. The highest BCUT2D eigenvalue weighted by molar-refractivity contribution is 7.99. The quantitative estimate of drug-likeness (QED) is 0.541. The summed E-state index contributed by atoms with van der Waals surface area (Å²) >= 11 is 1.27. The number of thioether (sulfide) groups is 1. The van der Waals surface area contributed by atoms with Crippen molar-refractivity contribution in [1.29, 1.82) is 0 Å². The lowest BCUT2D eigenvalue weighted by atomic mass is 10.1. The zero-order valence-corrected chi connectivity index (χ0v) is 17.6. The number of benzene rings is 2. The van der Waals surface area contributed by atoms with Crippen LogP contribution in [0, 0.1) is 5.82 Å². The molecule has 1 saturated carbocycles. The molecule has 4 rings (SSSR count). The van der Waals surface area contributed by atoms with Crippen LogP contribution in [-0.4, -0.2) is 32.3 Å². The maximum Gasteiger partial charge on any atom is 0.248 e. The van der Waals surface area contributed by atoms with E-state index < -0.39 is 5.91 Å². The minimum atomic E-state index is -0.523. The molecular formula is C22H22FN5O2S. The highest BCUT2D eigenvalue weighted by Crippen LogP contribution is 2.37. The second-order valence-corrected chi connectivity index (χ2v) is 8.32.